The minimum Gasteiger partial charge on any atom is -0.481 e. The first-order chi connectivity index (χ1) is 15.8. The zero-order chi connectivity index (χ0) is 26.0. The third-order valence-corrected chi connectivity index (χ3v) is 5.77. The summed E-state index contributed by atoms with van der Waals surface area (Å²) in [6, 6.07) is -2.71. The molecule has 0 aromatic heterocycles. The quantitative estimate of drug-likeness (QED) is 0.317. The highest BCUT2D eigenvalue weighted by Gasteiger charge is 2.40. The van der Waals surface area contributed by atoms with Crippen molar-refractivity contribution in [1.29, 1.82) is 0 Å². The summed E-state index contributed by atoms with van der Waals surface area (Å²) in [5.74, 6) is -2.87. The van der Waals surface area contributed by atoms with E-state index in [1.54, 1.807) is 0 Å². The highest BCUT2D eigenvalue weighted by molar-refractivity contribution is 5.94. The molecule has 0 saturated carbocycles. The molecule has 0 radical (unpaired) electrons. The maximum Gasteiger partial charge on any atom is 0.326 e. The largest absolute Gasteiger partial charge is 0.481 e. The second-order valence-corrected chi connectivity index (χ2v) is 9.62. The molecule has 5 N–H and O–H groups in total. The van der Waals surface area contributed by atoms with Crippen LogP contribution in [0.25, 0.3) is 0 Å². The molecule has 194 valence electrons. The van der Waals surface area contributed by atoms with Crippen molar-refractivity contribution in [2.24, 2.45) is 11.8 Å². The fourth-order valence-electron chi connectivity index (χ4n) is 4.12. The molecule has 2 rings (SSSR count). The molecule has 0 bridgehead atoms. The first-order valence-electron chi connectivity index (χ1n) is 11.9. The van der Waals surface area contributed by atoms with Gasteiger partial charge in [0.15, 0.2) is 0 Å². The van der Waals surface area contributed by atoms with Crippen molar-refractivity contribution < 1.29 is 34.2 Å². The predicted octanol–water partition coefficient (Wildman–Crippen LogP) is 0.577. The van der Waals surface area contributed by atoms with Gasteiger partial charge in [-0.15, -0.1) is 0 Å². The van der Waals surface area contributed by atoms with Crippen LogP contribution in [0.4, 0.5) is 0 Å². The molecule has 0 aliphatic carbocycles. The molecular weight excluding hydrogens is 444 g/mol. The highest BCUT2D eigenvalue weighted by atomic mass is 16.4. The third-order valence-electron chi connectivity index (χ3n) is 5.77. The van der Waals surface area contributed by atoms with Crippen LogP contribution in [0.2, 0.25) is 0 Å². The van der Waals surface area contributed by atoms with E-state index in [2.05, 4.69) is 16.0 Å². The number of carboxylic acids is 2. The Balaban J connectivity index is 0.00000133. The molecule has 11 nitrogen and oxygen atoms in total. The standard InChI is InChI=1S/C21H36N4O5.C2H4O2/c1-12(2)11-15(21(29)30)23-19(27)16-8-6-10-25(16)20(28)17(13(3)4)24-18(26)14-7-5-9-22-14;1-2(3)4/h12-17,22H,5-11H2,1-4H3,(H,23,27)(H,24,26)(H,29,30);1H3,(H,3,4)/t14-,15-,16-,17-;/m0./s1. The number of nitrogens with one attached hydrogen (secondary N) is 3. The van der Waals surface area contributed by atoms with Crippen molar-refractivity contribution in [1.82, 2.24) is 20.9 Å². The van der Waals surface area contributed by atoms with Gasteiger partial charge in [-0.25, -0.2) is 4.79 Å². The van der Waals surface area contributed by atoms with Crippen molar-refractivity contribution in [2.45, 2.75) is 90.9 Å². The van der Waals surface area contributed by atoms with Gasteiger partial charge in [0.2, 0.25) is 17.7 Å². The normalized spacial score (nSPS) is 21.4. The lowest BCUT2D eigenvalue weighted by molar-refractivity contribution is -0.145. The van der Waals surface area contributed by atoms with Crippen molar-refractivity contribution in [2.75, 3.05) is 13.1 Å². The summed E-state index contributed by atoms with van der Waals surface area (Å²) in [4.78, 5) is 60.6. The lowest BCUT2D eigenvalue weighted by Crippen LogP contribution is -2.58. The van der Waals surface area contributed by atoms with Crippen LogP contribution in [-0.2, 0) is 24.0 Å². The number of carbonyl (C=O) groups is 5. The Labute approximate surface area is 201 Å². The lowest BCUT2D eigenvalue weighted by Gasteiger charge is -2.31. The molecule has 0 unspecified atom stereocenters. The second-order valence-electron chi connectivity index (χ2n) is 9.62. The molecule has 2 aliphatic heterocycles. The minimum absolute atomic E-state index is 0.109. The van der Waals surface area contributed by atoms with Crippen LogP contribution in [0.1, 0.15) is 66.7 Å². The molecular formula is C23H40N4O7. The Morgan fingerprint density at radius 3 is 2.06 bits per heavy atom. The molecule has 0 spiro atoms. The Hall–Kier alpha value is -2.69. The smallest absolute Gasteiger partial charge is 0.326 e. The van der Waals surface area contributed by atoms with Crippen LogP contribution >= 0.6 is 0 Å². The fraction of sp³-hybridized carbons (Fsp3) is 0.783. The second kappa shape index (κ2) is 13.9. The zero-order valence-electron chi connectivity index (χ0n) is 20.8. The summed E-state index contributed by atoms with van der Waals surface area (Å²) in [5, 5.41) is 25.4. The fourth-order valence-corrected chi connectivity index (χ4v) is 4.12. The number of amides is 3. The van der Waals surface area contributed by atoms with E-state index in [1.165, 1.54) is 4.90 Å². The maximum atomic E-state index is 13.2. The van der Waals surface area contributed by atoms with Gasteiger partial charge in [0.25, 0.3) is 5.97 Å². The molecule has 2 saturated heterocycles. The summed E-state index contributed by atoms with van der Waals surface area (Å²) in [7, 11) is 0. The van der Waals surface area contributed by atoms with Gasteiger partial charge in [-0.05, 0) is 50.5 Å². The van der Waals surface area contributed by atoms with E-state index in [4.69, 9.17) is 9.90 Å². The average molecular weight is 485 g/mol. The molecule has 2 fully saturated rings. The lowest BCUT2D eigenvalue weighted by atomic mass is 10.0. The van der Waals surface area contributed by atoms with Crippen molar-refractivity contribution in [3.63, 3.8) is 0 Å². The number of carboxylic acid groups (broad SMARTS) is 2. The Morgan fingerprint density at radius 1 is 0.971 bits per heavy atom. The van der Waals surface area contributed by atoms with E-state index in [0.717, 1.165) is 26.3 Å². The van der Waals surface area contributed by atoms with E-state index in [-0.39, 0.29) is 29.7 Å². The number of hydrogen-bond acceptors (Lipinski definition) is 6. The van der Waals surface area contributed by atoms with Crippen LogP contribution in [0.3, 0.4) is 0 Å². The third kappa shape index (κ3) is 9.28. The molecule has 0 aromatic carbocycles. The first-order valence-corrected chi connectivity index (χ1v) is 11.9. The molecule has 34 heavy (non-hydrogen) atoms. The molecule has 3 amide bonds. The highest BCUT2D eigenvalue weighted by Crippen LogP contribution is 2.21. The number of aliphatic carboxylic acids is 2. The van der Waals surface area contributed by atoms with Gasteiger partial charge < -0.3 is 31.1 Å². The van der Waals surface area contributed by atoms with Gasteiger partial charge in [0.05, 0.1) is 6.04 Å². The maximum absolute atomic E-state index is 13.2. The van der Waals surface area contributed by atoms with E-state index < -0.39 is 36.0 Å². The van der Waals surface area contributed by atoms with Crippen molar-refractivity contribution >= 4 is 29.7 Å². The van der Waals surface area contributed by atoms with E-state index in [0.29, 0.717) is 25.8 Å². The first kappa shape index (κ1) is 29.3. The van der Waals surface area contributed by atoms with Crippen LogP contribution in [0, 0.1) is 11.8 Å². The minimum atomic E-state index is -1.08. The number of rotatable bonds is 9. The Bertz CT molecular complexity index is 731. The monoisotopic (exact) mass is 484 g/mol. The van der Waals surface area contributed by atoms with Crippen LogP contribution in [-0.4, -0.2) is 82.0 Å². The van der Waals surface area contributed by atoms with Gasteiger partial charge in [-0.2, -0.15) is 0 Å². The van der Waals surface area contributed by atoms with Crippen LogP contribution in [0.5, 0.6) is 0 Å². The molecule has 0 aromatic rings. The Kier molecular flexibility index (Phi) is 12.0. The number of hydrogen-bond donors (Lipinski definition) is 5. The van der Waals surface area contributed by atoms with E-state index in [9.17, 15) is 24.3 Å². The number of likely N-dealkylation sites (tertiary alicyclic amines) is 1. The predicted molar refractivity (Wildman–Crippen MR) is 125 cm³/mol. The molecule has 4 atom stereocenters. The molecule has 2 aliphatic rings. The van der Waals surface area contributed by atoms with Crippen LogP contribution in [0.15, 0.2) is 0 Å². The average Bonchev–Trinajstić information content (AvgIpc) is 3.41. The Morgan fingerprint density at radius 2 is 1.59 bits per heavy atom. The van der Waals surface area contributed by atoms with Crippen LogP contribution < -0.4 is 16.0 Å². The zero-order valence-corrected chi connectivity index (χ0v) is 20.8. The van der Waals surface area contributed by atoms with Gasteiger partial charge >= 0.3 is 5.97 Å². The number of carbonyl (C=O) groups excluding carboxylic acids is 3. The van der Waals surface area contributed by atoms with E-state index in [1.807, 2.05) is 27.7 Å². The van der Waals surface area contributed by atoms with E-state index >= 15 is 0 Å². The SMILES string of the molecule is CC(=O)O.CC(C)C[C@H](NC(=O)[C@@H]1CCCN1C(=O)[C@@H](NC(=O)[C@@H]1CCCN1)C(C)C)C(=O)O. The molecule has 11 heteroatoms. The van der Waals surface area contributed by atoms with Gasteiger partial charge in [-0.1, -0.05) is 27.7 Å². The van der Waals surface area contributed by atoms with Gasteiger partial charge in [0.1, 0.15) is 18.1 Å². The summed E-state index contributed by atoms with van der Waals surface area (Å²) in [6.45, 7) is 9.79. The summed E-state index contributed by atoms with van der Waals surface area (Å²) in [5.41, 5.74) is 0. The number of nitrogens with zero attached hydrogens (tertiary/aromatic N) is 1. The van der Waals surface area contributed by atoms with Gasteiger partial charge in [0, 0.05) is 13.5 Å². The summed E-state index contributed by atoms with van der Waals surface area (Å²) >= 11 is 0. The summed E-state index contributed by atoms with van der Waals surface area (Å²) in [6.07, 6.45) is 3.13. The van der Waals surface area contributed by atoms with Crippen molar-refractivity contribution in [3.8, 4) is 0 Å². The van der Waals surface area contributed by atoms with Gasteiger partial charge in [-0.3, -0.25) is 19.2 Å². The molecule has 2 heterocycles. The van der Waals surface area contributed by atoms with Crippen molar-refractivity contribution in [3.05, 3.63) is 0 Å². The summed E-state index contributed by atoms with van der Waals surface area (Å²) < 4.78 is 0. The topological polar surface area (TPSA) is 165 Å².